The molecule has 0 fully saturated rings. The van der Waals surface area contributed by atoms with Crippen molar-refractivity contribution in [2.24, 2.45) is 5.41 Å². The quantitative estimate of drug-likeness (QED) is 0.556. The molecule has 4 nitrogen and oxygen atoms in total. The molecule has 0 saturated heterocycles. The molecule has 0 spiro atoms. The molecule has 116 valence electrons. The molecular formula is C17H24O4. The van der Waals surface area contributed by atoms with Crippen LogP contribution >= 0.6 is 0 Å². The second kappa shape index (κ2) is 6.74. The van der Waals surface area contributed by atoms with E-state index in [1.165, 1.54) is 0 Å². The van der Waals surface area contributed by atoms with Gasteiger partial charge in [0.25, 0.3) is 0 Å². The summed E-state index contributed by atoms with van der Waals surface area (Å²) < 4.78 is 10.6. The molecular weight excluding hydrogens is 268 g/mol. The average Bonchev–Trinajstić information content (AvgIpc) is 2.77. The molecule has 0 heterocycles. The van der Waals surface area contributed by atoms with E-state index in [-0.39, 0.29) is 25.0 Å². The minimum atomic E-state index is -1.32. The summed E-state index contributed by atoms with van der Waals surface area (Å²) in [5, 5.41) is 0. The molecule has 0 unspecified atom stereocenters. The number of esters is 2. The van der Waals surface area contributed by atoms with E-state index in [1.54, 1.807) is 39.8 Å². The van der Waals surface area contributed by atoms with Crippen LogP contribution < -0.4 is 0 Å². The van der Waals surface area contributed by atoms with Gasteiger partial charge in [-0.05, 0) is 51.7 Å². The van der Waals surface area contributed by atoms with Crippen molar-refractivity contribution in [3.05, 3.63) is 36.5 Å². The Bertz CT molecular complexity index is 439. The lowest BCUT2D eigenvalue weighted by molar-refractivity contribution is -0.176. The molecule has 0 atom stereocenters. The van der Waals surface area contributed by atoms with Gasteiger partial charge in [0.15, 0.2) is 5.41 Å². The van der Waals surface area contributed by atoms with Crippen LogP contribution in [0.25, 0.3) is 0 Å². The fourth-order valence-electron chi connectivity index (χ4n) is 2.37. The molecule has 0 radical (unpaired) electrons. The highest BCUT2D eigenvalue weighted by Gasteiger charge is 2.53. The van der Waals surface area contributed by atoms with Crippen molar-refractivity contribution in [1.82, 2.24) is 0 Å². The van der Waals surface area contributed by atoms with Crippen LogP contribution in [0.1, 0.15) is 40.5 Å². The number of allylic oxidation sites excluding steroid dienone is 4. The van der Waals surface area contributed by atoms with Crippen molar-refractivity contribution >= 4 is 11.9 Å². The van der Waals surface area contributed by atoms with Gasteiger partial charge in [-0.3, -0.25) is 9.59 Å². The number of rotatable bonds is 6. The second-order valence-electron chi connectivity index (χ2n) is 5.80. The fraction of sp³-hybridized carbons (Fsp3) is 0.529. The fourth-order valence-corrected chi connectivity index (χ4v) is 2.37. The number of ether oxygens (including phenoxy) is 2. The predicted molar refractivity (Wildman–Crippen MR) is 81.5 cm³/mol. The predicted octanol–water partition coefficient (Wildman–Crippen LogP) is 3.34. The van der Waals surface area contributed by atoms with Gasteiger partial charge in [0.1, 0.15) is 0 Å². The largest absolute Gasteiger partial charge is 0.462 e. The van der Waals surface area contributed by atoms with E-state index in [1.807, 2.05) is 0 Å². The maximum atomic E-state index is 12.5. The Morgan fingerprint density at radius 1 is 0.952 bits per heavy atom. The summed E-state index contributed by atoms with van der Waals surface area (Å²) in [6, 6.07) is 0. The Hall–Kier alpha value is -1.84. The Morgan fingerprint density at radius 2 is 1.29 bits per heavy atom. The Labute approximate surface area is 126 Å². The number of carbonyl (C=O) groups excluding carboxylic acids is 2. The van der Waals surface area contributed by atoms with E-state index in [2.05, 4.69) is 13.2 Å². The van der Waals surface area contributed by atoms with Crippen molar-refractivity contribution in [1.29, 1.82) is 0 Å². The molecule has 1 rings (SSSR count). The van der Waals surface area contributed by atoms with Gasteiger partial charge in [-0.25, -0.2) is 0 Å². The van der Waals surface area contributed by atoms with Gasteiger partial charge >= 0.3 is 11.9 Å². The van der Waals surface area contributed by atoms with Crippen LogP contribution in [-0.2, 0) is 19.1 Å². The average molecular weight is 292 g/mol. The number of hydrogen-bond acceptors (Lipinski definition) is 4. The highest BCUT2D eigenvalue weighted by atomic mass is 16.6. The summed E-state index contributed by atoms with van der Waals surface area (Å²) in [6.07, 6.45) is 3.22. The lowest BCUT2D eigenvalue weighted by atomic mass is 9.83. The lowest BCUT2D eigenvalue weighted by Gasteiger charge is -2.27. The monoisotopic (exact) mass is 292 g/mol. The minimum absolute atomic E-state index is 0.245. The van der Waals surface area contributed by atoms with Crippen LogP contribution in [0.5, 0.6) is 0 Å². The molecule has 21 heavy (non-hydrogen) atoms. The molecule has 0 aliphatic heterocycles. The zero-order valence-electron chi connectivity index (χ0n) is 13.3. The lowest BCUT2D eigenvalue weighted by Crippen LogP contribution is -2.42. The highest BCUT2D eigenvalue weighted by molar-refractivity contribution is 6.02. The first-order chi connectivity index (χ1) is 9.76. The van der Waals surface area contributed by atoms with Gasteiger partial charge in [-0.2, -0.15) is 0 Å². The van der Waals surface area contributed by atoms with E-state index < -0.39 is 17.4 Å². The molecule has 1 aliphatic rings. The van der Waals surface area contributed by atoms with Gasteiger partial charge in [-0.1, -0.05) is 25.3 Å². The molecule has 0 aromatic heterocycles. The third-order valence-corrected chi connectivity index (χ3v) is 3.36. The molecule has 0 saturated carbocycles. The van der Waals surface area contributed by atoms with Crippen molar-refractivity contribution in [2.45, 2.75) is 52.7 Å². The van der Waals surface area contributed by atoms with Crippen molar-refractivity contribution in [3.8, 4) is 0 Å². The van der Waals surface area contributed by atoms with Crippen molar-refractivity contribution < 1.29 is 19.1 Å². The number of carbonyl (C=O) groups is 2. The van der Waals surface area contributed by atoms with E-state index in [0.717, 1.165) is 11.1 Å². The third kappa shape index (κ3) is 3.63. The van der Waals surface area contributed by atoms with Crippen LogP contribution in [0.3, 0.4) is 0 Å². The zero-order valence-corrected chi connectivity index (χ0v) is 13.3. The SMILES string of the molecule is C=CC1=C(C=C)CC(C(=O)OC(C)C)(C(=O)OC(C)C)C1. The number of hydrogen-bond donors (Lipinski definition) is 0. The first kappa shape index (κ1) is 17.2. The molecule has 0 aromatic rings. The van der Waals surface area contributed by atoms with Gasteiger partial charge in [-0.15, -0.1) is 0 Å². The highest BCUT2D eigenvalue weighted by Crippen LogP contribution is 2.45. The Kier molecular flexibility index (Phi) is 5.53. The van der Waals surface area contributed by atoms with Gasteiger partial charge < -0.3 is 9.47 Å². The standard InChI is InChI=1S/C17H24O4/c1-7-13-9-17(10-14(13)8-2,15(18)20-11(3)4)16(19)21-12(5)6/h7-8,11-12H,1-2,9-10H2,3-6H3. The first-order valence-electron chi connectivity index (χ1n) is 7.16. The second-order valence-corrected chi connectivity index (χ2v) is 5.80. The maximum absolute atomic E-state index is 12.5. The smallest absolute Gasteiger partial charge is 0.324 e. The van der Waals surface area contributed by atoms with Crippen LogP contribution in [0.4, 0.5) is 0 Å². The summed E-state index contributed by atoms with van der Waals surface area (Å²) >= 11 is 0. The van der Waals surface area contributed by atoms with E-state index in [4.69, 9.17) is 9.47 Å². The van der Waals surface area contributed by atoms with Crippen molar-refractivity contribution in [3.63, 3.8) is 0 Å². The van der Waals surface area contributed by atoms with E-state index in [9.17, 15) is 9.59 Å². The summed E-state index contributed by atoms with van der Waals surface area (Å²) in [6.45, 7) is 14.5. The molecule has 4 heteroatoms. The molecule has 0 aromatic carbocycles. The molecule has 0 amide bonds. The van der Waals surface area contributed by atoms with Crippen LogP contribution in [0.2, 0.25) is 0 Å². The molecule has 1 aliphatic carbocycles. The Morgan fingerprint density at radius 3 is 1.52 bits per heavy atom. The van der Waals surface area contributed by atoms with Crippen LogP contribution in [-0.4, -0.2) is 24.1 Å². The van der Waals surface area contributed by atoms with Crippen LogP contribution in [0, 0.1) is 5.41 Å². The zero-order chi connectivity index (χ0) is 16.2. The summed E-state index contributed by atoms with van der Waals surface area (Å²) in [4.78, 5) is 25.0. The normalized spacial score (nSPS) is 17.0. The molecule has 0 bridgehead atoms. The first-order valence-corrected chi connectivity index (χ1v) is 7.16. The van der Waals surface area contributed by atoms with Gasteiger partial charge in [0, 0.05) is 0 Å². The Balaban J connectivity index is 3.15. The summed E-state index contributed by atoms with van der Waals surface area (Å²) in [5.41, 5.74) is 0.361. The third-order valence-electron chi connectivity index (χ3n) is 3.36. The van der Waals surface area contributed by atoms with E-state index >= 15 is 0 Å². The van der Waals surface area contributed by atoms with Crippen molar-refractivity contribution in [2.75, 3.05) is 0 Å². The molecule has 0 N–H and O–H groups in total. The van der Waals surface area contributed by atoms with Gasteiger partial charge in [0.2, 0.25) is 0 Å². The minimum Gasteiger partial charge on any atom is -0.462 e. The maximum Gasteiger partial charge on any atom is 0.324 e. The van der Waals surface area contributed by atoms with Gasteiger partial charge in [0.05, 0.1) is 12.2 Å². The van der Waals surface area contributed by atoms with Crippen LogP contribution in [0.15, 0.2) is 36.5 Å². The van der Waals surface area contributed by atoms with E-state index in [0.29, 0.717) is 0 Å². The topological polar surface area (TPSA) is 52.6 Å². The summed E-state index contributed by atoms with van der Waals surface area (Å²) in [7, 11) is 0. The summed E-state index contributed by atoms with van der Waals surface area (Å²) in [5.74, 6) is -1.08.